The van der Waals surface area contributed by atoms with Crippen LogP contribution in [0.4, 0.5) is 5.82 Å². The first kappa shape index (κ1) is 12.0. The second-order valence-corrected chi connectivity index (χ2v) is 4.95. The number of nitrogens with two attached hydrogens (primary N) is 1. The van der Waals surface area contributed by atoms with Crippen molar-refractivity contribution in [3.63, 3.8) is 0 Å². The fourth-order valence-electron chi connectivity index (χ4n) is 0.897. The summed E-state index contributed by atoms with van der Waals surface area (Å²) in [6.07, 6.45) is 1.40. The average Bonchev–Trinajstić information content (AvgIpc) is 2.06. The summed E-state index contributed by atoms with van der Waals surface area (Å²) in [6, 6.07) is 1.59. The molecule has 0 unspecified atom stereocenters. The van der Waals surface area contributed by atoms with Crippen LogP contribution in [0.3, 0.4) is 0 Å². The van der Waals surface area contributed by atoms with Crippen molar-refractivity contribution in [2.75, 3.05) is 5.73 Å². The summed E-state index contributed by atoms with van der Waals surface area (Å²) in [4.78, 5) is 15.5. The Bertz CT molecular complexity index is 385. The number of halogens is 1. The number of ether oxygens (including phenoxy) is 1. The van der Waals surface area contributed by atoms with Gasteiger partial charge in [-0.25, -0.2) is 9.78 Å². The fourth-order valence-corrected chi connectivity index (χ4v) is 1.25. The zero-order valence-corrected chi connectivity index (χ0v) is 10.5. The van der Waals surface area contributed by atoms with Gasteiger partial charge in [0, 0.05) is 6.20 Å². The van der Waals surface area contributed by atoms with Crippen molar-refractivity contribution >= 4 is 27.7 Å². The molecule has 1 aromatic heterocycles. The Balaban J connectivity index is 2.88. The Morgan fingerprint density at radius 1 is 1.53 bits per heavy atom. The zero-order valence-electron chi connectivity index (χ0n) is 8.87. The zero-order chi connectivity index (χ0) is 11.6. The van der Waals surface area contributed by atoms with Crippen molar-refractivity contribution in [2.24, 2.45) is 0 Å². The summed E-state index contributed by atoms with van der Waals surface area (Å²) in [7, 11) is 0. The molecule has 0 amide bonds. The fraction of sp³-hybridized carbons (Fsp3) is 0.400. The van der Waals surface area contributed by atoms with Crippen molar-refractivity contribution in [1.82, 2.24) is 4.98 Å². The molecule has 82 valence electrons. The lowest BCUT2D eigenvalue weighted by atomic mass is 10.2. The Kier molecular flexibility index (Phi) is 3.34. The Morgan fingerprint density at radius 2 is 2.13 bits per heavy atom. The number of rotatable bonds is 1. The van der Waals surface area contributed by atoms with Gasteiger partial charge in [-0.2, -0.15) is 0 Å². The molecular weight excluding hydrogens is 260 g/mol. The third-order valence-electron chi connectivity index (χ3n) is 1.50. The molecule has 4 nitrogen and oxygen atoms in total. The van der Waals surface area contributed by atoms with Crippen LogP contribution >= 0.6 is 15.9 Å². The van der Waals surface area contributed by atoms with E-state index in [1.807, 2.05) is 20.8 Å². The minimum atomic E-state index is -0.509. The van der Waals surface area contributed by atoms with E-state index in [4.69, 9.17) is 10.5 Å². The highest BCUT2D eigenvalue weighted by atomic mass is 79.9. The van der Waals surface area contributed by atoms with Gasteiger partial charge in [0.15, 0.2) is 0 Å². The van der Waals surface area contributed by atoms with Crippen LogP contribution in [0.1, 0.15) is 31.1 Å². The topological polar surface area (TPSA) is 65.2 Å². The van der Waals surface area contributed by atoms with Crippen LogP contribution in [0.15, 0.2) is 16.7 Å². The lowest BCUT2D eigenvalue weighted by molar-refractivity contribution is 0.00691. The predicted molar refractivity (Wildman–Crippen MR) is 61.5 cm³/mol. The van der Waals surface area contributed by atoms with Gasteiger partial charge < -0.3 is 10.5 Å². The van der Waals surface area contributed by atoms with Crippen LogP contribution < -0.4 is 5.73 Å². The third kappa shape index (κ3) is 3.51. The number of nitrogen functional groups attached to an aromatic ring is 1. The molecule has 0 aliphatic carbocycles. The average molecular weight is 273 g/mol. The molecule has 0 radical (unpaired) electrons. The van der Waals surface area contributed by atoms with Gasteiger partial charge in [-0.3, -0.25) is 0 Å². The maximum absolute atomic E-state index is 11.6. The summed E-state index contributed by atoms with van der Waals surface area (Å²) in [6.45, 7) is 5.43. The summed E-state index contributed by atoms with van der Waals surface area (Å²) < 4.78 is 5.77. The van der Waals surface area contributed by atoms with Gasteiger partial charge in [0.1, 0.15) is 11.4 Å². The van der Waals surface area contributed by atoms with Gasteiger partial charge in [0.25, 0.3) is 0 Å². The van der Waals surface area contributed by atoms with E-state index in [1.165, 1.54) is 6.20 Å². The molecule has 0 spiro atoms. The van der Waals surface area contributed by atoms with E-state index in [9.17, 15) is 4.79 Å². The van der Waals surface area contributed by atoms with Crippen LogP contribution in [0.2, 0.25) is 0 Å². The predicted octanol–water partition coefficient (Wildman–Crippen LogP) is 2.38. The number of nitrogens with zero attached hydrogens (tertiary/aromatic N) is 1. The van der Waals surface area contributed by atoms with Gasteiger partial charge in [-0.15, -0.1) is 0 Å². The lowest BCUT2D eigenvalue weighted by Crippen LogP contribution is -2.24. The minimum Gasteiger partial charge on any atom is -0.456 e. The first-order valence-corrected chi connectivity index (χ1v) is 5.23. The highest BCUT2D eigenvalue weighted by Gasteiger charge is 2.18. The smallest absolute Gasteiger partial charge is 0.340 e. The maximum atomic E-state index is 11.6. The summed E-state index contributed by atoms with van der Waals surface area (Å²) in [5, 5.41) is 0. The largest absolute Gasteiger partial charge is 0.456 e. The number of anilines is 1. The molecular formula is C10H13BrN2O2. The van der Waals surface area contributed by atoms with Gasteiger partial charge in [0.2, 0.25) is 0 Å². The molecule has 1 rings (SSSR count). The summed E-state index contributed by atoms with van der Waals surface area (Å²) in [5.74, 6) is -0.0574. The highest BCUT2D eigenvalue weighted by Crippen LogP contribution is 2.19. The van der Waals surface area contributed by atoms with E-state index in [-0.39, 0.29) is 0 Å². The molecule has 0 aliphatic rings. The Morgan fingerprint density at radius 3 is 2.60 bits per heavy atom. The third-order valence-corrected chi connectivity index (χ3v) is 2.14. The normalized spacial score (nSPS) is 11.2. The molecule has 2 N–H and O–H groups in total. The molecule has 5 heteroatoms. The standard InChI is InChI=1S/C10H13BrN2O2/c1-10(2,3)15-9(14)6-4-7(11)8(12)13-5-6/h4-5H,1-3H3,(H2,12,13). The second kappa shape index (κ2) is 4.18. The molecule has 0 saturated heterocycles. The van der Waals surface area contributed by atoms with E-state index in [1.54, 1.807) is 6.07 Å². The van der Waals surface area contributed by atoms with Gasteiger partial charge in [0.05, 0.1) is 10.0 Å². The van der Waals surface area contributed by atoms with Crippen molar-refractivity contribution in [2.45, 2.75) is 26.4 Å². The molecule has 1 aromatic rings. The quantitative estimate of drug-likeness (QED) is 0.798. The van der Waals surface area contributed by atoms with Crippen molar-refractivity contribution in [1.29, 1.82) is 0 Å². The molecule has 0 atom stereocenters. The molecule has 15 heavy (non-hydrogen) atoms. The first-order chi connectivity index (χ1) is 6.79. The second-order valence-electron chi connectivity index (χ2n) is 4.09. The summed E-state index contributed by atoms with van der Waals surface area (Å²) >= 11 is 3.20. The highest BCUT2D eigenvalue weighted by molar-refractivity contribution is 9.10. The van der Waals surface area contributed by atoms with Crippen molar-refractivity contribution in [3.05, 3.63) is 22.3 Å². The number of carbonyl (C=O) groups excluding carboxylic acids is 1. The van der Waals surface area contributed by atoms with Gasteiger partial charge in [-0.05, 0) is 42.8 Å². The van der Waals surface area contributed by atoms with Crippen molar-refractivity contribution in [3.8, 4) is 0 Å². The number of hydrogen-bond donors (Lipinski definition) is 1. The molecule has 1 heterocycles. The summed E-state index contributed by atoms with van der Waals surface area (Å²) in [5.41, 5.74) is 5.38. The van der Waals surface area contributed by atoms with E-state index >= 15 is 0 Å². The van der Waals surface area contributed by atoms with E-state index in [0.717, 1.165) is 0 Å². The number of pyridine rings is 1. The van der Waals surface area contributed by atoms with Crippen molar-refractivity contribution < 1.29 is 9.53 Å². The number of aromatic nitrogens is 1. The van der Waals surface area contributed by atoms with E-state index in [2.05, 4.69) is 20.9 Å². The molecule has 0 bridgehead atoms. The maximum Gasteiger partial charge on any atom is 0.340 e. The molecule has 0 saturated carbocycles. The van der Waals surface area contributed by atoms with Gasteiger partial charge in [-0.1, -0.05) is 0 Å². The molecule has 0 fully saturated rings. The minimum absolute atomic E-state index is 0.349. The van der Waals surface area contributed by atoms with E-state index in [0.29, 0.717) is 15.9 Å². The lowest BCUT2D eigenvalue weighted by Gasteiger charge is -2.19. The monoisotopic (exact) mass is 272 g/mol. The molecule has 0 aliphatic heterocycles. The van der Waals surface area contributed by atoms with Crippen LogP contribution in [-0.2, 0) is 4.74 Å². The van der Waals surface area contributed by atoms with Crippen LogP contribution in [-0.4, -0.2) is 16.6 Å². The van der Waals surface area contributed by atoms with E-state index < -0.39 is 11.6 Å². The van der Waals surface area contributed by atoms with Crippen LogP contribution in [0.5, 0.6) is 0 Å². The van der Waals surface area contributed by atoms with Crippen LogP contribution in [0, 0.1) is 0 Å². The number of hydrogen-bond acceptors (Lipinski definition) is 4. The Labute approximate surface area is 97.0 Å². The SMILES string of the molecule is CC(C)(C)OC(=O)c1cnc(N)c(Br)c1. The molecule has 0 aromatic carbocycles. The Hall–Kier alpha value is -1.10. The number of esters is 1. The first-order valence-electron chi connectivity index (χ1n) is 4.44. The van der Waals surface area contributed by atoms with Gasteiger partial charge >= 0.3 is 5.97 Å². The number of carbonyl (C=O) groups is 1. The van der Waals surface area contributed by atoms with Crippen LogP contribution in [0.25, 0.3) is 0 Å².